The monoisotopic (exact) mass is 439 g/mol. The number of alkyl halides is 3. The zero-order chi connectivity index (χ0) is 22.8. The SMILES string of the molecule is CN1CCC(c2cnn(C)c2)C(NC(=O)C(C)(C)COc2ncccc2C(F)(F)F)C1. The molecular weight excluding hydrogens is 411 g/mol. The first-order valence-electron chi connectivity index (χ1n) is 10.1. The normalized spacial score (nSPS) is 20.5. The molecule has 3 rings (SSSR count). The van der Waals surface area contributed by atoms with Crippen molar-refractivity contribution < 1.29 is 22.7 Å². The minimum atomic E-state index is -4.58. The minimum absolute atomic E-state index is 0.109. The first-order chi connectivity index (χ1) is 14.5. The Labute approximate surface area is 179 Å². The van der Waals surface area contributed by atoms with Gasteiger partial charge in [-0.25, -0.2) is 4.98 Å². The lowest BCUT2D eigenvalue weighted by Gasteiger charge is -2.38. The number of amides is 1. The number of ether oxygens (including phenoxy) is 1. The molecule has 0 radical (unpaired) electrons. The molecule has 1 fully saturated rings. The fourth-order valence-corrected chi connectivity index (χ4v) is 3.69. The lowest BCUT2D eigenvalue weighted by atomic mass is 9.85. The van der Waals surface area contributed by atoms with E-state index in [1.54, 1.807) is 18.5 Å². The lowest BCUT2D eigenvalue weighted by Crippen LogP contribution is -2.54. The summed E-state index contributed by atoms with van der Waals surface area (Å²) < 4.78 is 46.6. The van der Waals surface area contributed by atoms with Gasteiger partial charge in [0, 0.05) is 37.9 Å². The Morgan fingerprint density at radius 2 is 2.06 bits per heavy atom. The molecule has 0 aromatic carbocycles. The highest BCUT2D eigenvalue weighted by Gasteiger charge is 2.38. The molecule has 1 aliphatic heterocycles. The van der Waals surface area contributed by atoms with Crippen LogP contribution in [0.3, 0.4) is 0 Å². The minimum Gasteiger partial charge on any atom is -0.476 e. The van der Waals surface area contributed by atoms with Crippen molar-refractivity contribution in [3.05, 3.63) is 41.9 Å². The fraction of sp³-hybridized carbons (Fsp3) is 0.571. The van der Waals surface area contributed by atoms with Crippen molar-refractivity contribution in [3.8, 4) is 5.88 Å². The van der Waals surface area contributed by atoms with Crippen molar-refractivity contribution in [2.75, 3.05) is 26.7 Å². The Bertz CT molecular complexity index is 912. The van der Waals surface area contributed by atoms with E-state index in [0.717, 1.165) is 24.6 Å². The molecule has 0 bridgehead atoms. The lowest BCUT2D eigenvalue weighted by molar-refractivity contribution is -0.139. The van der Waals surface area contributed by atoms with E-state index in [4.69, 9.17) is 4.74 Å². The van der Waals surface area contributed by atoms with Gasteiger partial charge in [-0.1, -0.05) is 0 Å². The number of likely N-dealkylation sites (tertiary alicyclic amines) is 1. The first kappa shape index (κ1) is 23.1. The summed E-state index contributed by atoms with van der Waals surface area (Å²) in [7, 11) is 3.84. The molecule has 170 valence electrons. The van der Waals surface area contributed by atoms with E-state index in [0.29, 0.717) is 6.54 Å². The summed E-state index contributed by atoms with van der Waals surface area (Å²) in [5.74, 6) is -0.703. The summed E-state index contributed by atoms with van der Waals surface area (Å²) in [4.78, 5) is 18.9. The van der Waals surface area contributed by atoms with Gasteiger partial charge in [-0.3, -0.25) is 9.48 Å². The maximum absolute atomic E-state index is 13.2. The summed E-state index contributed by atoms with van der Waals surface area (Å²) in [5.41, 5.74) is -0.967. The van der Waals surface area contributed by atoms with Crippen molar-refractivity contribution in [1.29, 1.82) is 0 Å². The van der Waals surface area contributed by atoms with Crippen LogP contribution in [0.2, 0.25) is 0 Å². The highest BCUT2D eigenvalue weighted by atomic mass is 19.4. The van der Waals surface area contributed by atoms with Crippen molar-refractivity contribution >= 4 is 5.91 Å². The quantitative estimate of drug-likeness (QED) is 0.750. The molecule has 31 heavy (non-hydrogen) atoms. The largest absolute Gasteiger partial charge is 0.476 e. The van der Waals surface area contributed by atoms with Gasteiger partial charge in [-0.2, -0.15) is 18.3 Å². The Morgan fingerprint density at radius 3 is 2.71 bits per heavy atom. The van der Waals surface area contributed by atoms with E-state index < -0.39 is 23.0 Å². The van der Waals surface area contributed by atoms with E-state index >= 15 is 0 Å². The van der Waals surface area contributed by atoms with Crippen LogP contribution in [0.4, 0.5) is 13.2 Å². The van der Waals surface area contributed by atoms with E-state index in [9.17, 15) is 18.0 Å². The number of nitrogens with zero attached hydrogens (tertiary/aromatic N) is 4. The number of carbonyl (C=O) groups excluding carboxylic acids is 1. The maximum Gasteiger partial charge on any atom is 0.421 e. The maximum atomic E-state index is 13.2. The van der Waals surface area contributed by atoms with Crippen LogP contribution in [0, 0.1) is 5.41 Å². The number of nitrogens with one attached hydrogen (secondary N) is 1. The molecule has 2 unspecified atom stereocenters. The van der Waals surface area contributed by atoms with Gasteiger partial charge in [0.1, 0.15) is 12.2 Å². The molecule has 0 aliphatic carbocycles. The number of rotatable bonds is 6. The second kappa shape index (κ2) is 8.86. The van der Waals surface area contributed by atoms with Gasteiger partial charge in [0.05, 0.1) is 11.6 Å². The molecule has 1 amide bonds. The van der Waals surface area contributed by atoms with Crippen molar-refractivity contribution in [3.63, 3.8) is 0 Å². The molecule has 2 aromatic rings. The summed E-state index contributed by atoms with van der Waals surface area (Å²) in [6, 6.07) is 1.97. The third-order valence-electron chi connectivity index (χ3n) is 5.55. The molecule has 1 aliphatic rings. The van der Waals surface area contributed by atoms with Crippen molar-refractivity contribution in [2.45, 2.75) is 38.4 Å². The molecule has 1 N–H and O–H groups in total. The zero-order valence-corrected chi connectivity index (χ0v) is 18.1. The third-order valence-corrected chi connectivity index (χ3v) is 5.55. The van der Waals surface area contributed by atoms with Gasteiger partial charge in [0.25, 0.3) is 0 Å². The van der Waals surface area contributed by atoms with Crippen molar-refractivity contribution in [2.24, 2.45) is 12.5 Å². The Morgan fingerprint density at radius 1 is 1.32 bits per heavy atom. The van der Waals surface area contributed by atoms with Gasteiger partial charge in [0.15, 0.2) is 0 Å². The molecule has 0 spiro atoms. The molecule has 2 aromatic heterocycles. The standard InChI is InChI=1S/C21H28F3N5O2/c1-20(2,13-31-18-16(21(22,23)24)6-5-8-25-18)19(30)27-17-12-28(3)9-7-15(17)14-10-26-29(4)11-14/h5-6,8,10-11,15,17H,7,9,12-13H2,1-4H3,(H,27,30). The number of likely N-dealkylation sites (N-methyl/N-ethyl adjacent to an activating group) is 1. The van der Waals surface area contributed by atoms with Gasteiger partial charge >= 0.3 is 6.18 Å². The summed E-state index contributed by atoms with van der Waals surface area (Å²) in [5, 5.41) is 7.32. The Hall–Kier alpha value is -2.62. The average molecular weight is 439 g/mol. The smallest absolute Gasteiger partial charge is 0.421 e. The van der Waals surface area contributed by atoms with Crippen LogP contribution >= 0.6 is 0 Å². The summed E-state index contributed by atoms with van der Waals surface area (Å²) >= 11 is 0. The number of hydrogen-bond acceptors (Lipinski definition) is 5. The van der Waals surface area contributed by atoms with Gasteiger partial charge in [-0.15, -0.1) is 0 Å². The Balaban J connectivity index is 1.69. The molecule has 1 saturated heterocycles. The molecule has 0 saturated carbocycles. The summed E-state index contributed by atoms with van der Waals surface area (Å²) in [6.45, 7) is 4.62. The number of hydrogen-bond donors (Lipinski definition) is 1. The van der Waals surface area contributed by atoms with Crippen LogP contribution in [0.15, 0.2) is 30.7 Å². The zero-order valence-electron chi connectivity index (χ0n) is 18.1. The second-order valence-electron chi connectivity index (χ2n) is 8.71. The second-order valence-corrected chi connectivity index (χ2v) is 8.71. The predicted molar refractivity (Wildman–Crippen MR) is 109 cm³/mol. The number of piperidine rings is 1. The van der Waals surface area contributed by atoms with Crippen LogP contribution in [0.5, 0.6) is 5.88 Å². The third kappa shape index (κ3) is 5.55. The molecular formula is C21H28F3N5O2. The molecule has 10 heteroatoms. The molecule has 2 atom stereocenters. The van der Waals surface area contributed by atoms with Crippen LogP contribution in [0.1, 0.15) is 37.3 Å². The number of aryl methyl sites for hydroxylation is 1. The van der Waals surface area contributed by atoms with Crippen LogP contribution in [-0.4, -0.2) is 58.4 Å². The number of halogens is 3. The van der Waals surface area contributed by atoms with Crippen LogP contribution in [-0.2, 0) is 18.0 Å². The van der Waals surface area contributed by atoms with Crippen LogP contribution in [0.25, 0.3) is 0 Å². The highest BCUT2D eigenvalue weighted by Crippen LogP contribution is 2.35. The van der Waals surface area contributed by atoms with E-state index in [-0.39, 0.29) is 24.5 Å². The summed E-state index contributed by atoms with van der Waals surface area (Å²) in [6.07, 6.45) is 1.27. The molecule has 3 heterocycles. The number of pyridine rings is 1. The predicted octanol–water partition coefficient (Wildman–Crippen LogP) is 2.84. The number of carbonyl (C=O) groups is 1. The average Bonchev–Trinajstić information content (AvgIpc) is 3.12. The fourth-order valence-electron chi connectivity index (χ4n) is 3.69. The van der Waals surface area contributed by atoms with Gasteiger partial charge in [0.2, 0.25) is 11.8 Å². The first-order valence-corrected chi connectivity index (χ1v) is 10.1. The van der Waals surface area contributed by atoms with Gasteiger partial charge in [-0.05, 0) is 51.6 Å². The molecule has 7 nitrogen and oxygen atoms in total. The van der Waals surface area contributed by atoms with Gasteiger partial charge < -0.3 is 15.0 Å². The van der Waals surface area contributed by atoms with E-state index in [2.05, 4.69) is 20.3 Å². The Kier molecular flexibility index (Phi) is 6.59. The van der Waals surface area contributed by atoms with Crippen molar-refractivity contribution in [1.82, 2.24) is 25.0 Å². The topological polar surface area (TPSA) is 72.3 Å². The van der Waals surface area contributed by atoms with E-state index in [1.807, 2.05) is 26.5 Å². The number of aromatic nitrogens is 3. The highest BCUT2D eigenvalue weighted by molar-refractivity contribution is 5.82. The van der Waals surface area contributed by atoms with Crippen LogP contribution < -0.4 is 10.1 Å². The van der Waals surface area contributed by atoms with E-state index in [1.165, 1.54) is 12.3 Å².